The van der Waals surface area contributed by atoms with Gasteiger partial charge in [-0.2, -0.15) is 5.10 Å². The summed E-state index contributed by atoms with van der Waals surface area (Å²) >= 11 is 3.39. The molecule has 0 spiro atoms. The van der Waals surface area contributed by atoms with E-state index in [4.69, 9.17) is 4.52 Å². The predicted molar refractivity (Wildman–Crippen MR) is 92.3 cm³/mol. The van der Waals surface area contributed by atoms with Crippen molar-refractivity contribution in [3.8, 4) is 0 Å². The van der Waals surface area contributed by atoms with Crippen LogP contribution in [0.2, 0.25) is 0 Å². The molecule has 126 valence electrons. The van der Waals surface area contributed by atoms with Crippen LogP contribution in [-0.4, -0.2) is 23.4 Å². The molecule has 0 saturated carbocycles. The number of hydrogen-bond acceptors (Lipinski definition) is 5. The monoisotopic (exact) mass is 410 g/mol. The molecule has 1 N–H and O–H groups in total. The fourth-order valence-electron chi connectivity index (χ4n) is 2.34. The van der Waals surface area contributed by atoms with E-state index in [0.29, 0.717) is 17.9 Å². The lowest BCUT2D eigenvalue weighted by atomic mass is 10.2. The first-order valence-corrected chi connectivity index (χ1v) is 9.35. The summed E-state index contributed by atoms with van der Waals surface area (Å²) < 4.78 is 35.0. The molecule has 0 aliphatic carbocycles. The Labute approximate surface area is 147 Å². The second-order valence-corrected chi connectivity index (χ2v) is 7.85. The molecule has 2 aromatic heterocycles. The molecule has 0 saturated heterocycles. The van der Waals surface area contributed by atoms with Gasteiger partial charge in [-0.1, -0.05) is 33.2 Å². The molecule has 0 aliphatic heterocycles. The van der Waals surface area contributed by atoms with Gasteiger partial charge in [-0.15, -0.1) is 0 Å². The van der Waals surface area contributed by atoms with Gasteiger partial charge in [0.05, 0.1) is 18.4 Å². The van der Waals surface area contributed by atoms with Crippen LogP contribution in [0.3, 0.4) is 0 Å². The van der Waals surface area contributed by atoms with E-state index in [1.54, 1.807) is 24.7 Å². The zero-order valence-corrected chi connectivity index (χ0v) is 15.4. The Hall–Kier alpha value is -2.13. The highest BCUT2D eigenvalue weighted by atomic mass is 79.9. The summed E-state index contributed by atoms with van der Waals surface area (Å²) in [5.74, 6) is 0.252. The molecular formula is C15H15BrN4O3S. The van der Waals surface area contributed by atoms with Gasteiger partial charge in [-0.3, -0.25) is 9.40 Å². The quantitative estimate of drug-likeness (QED) is 0.697. The normalized spacial score (nSPS) is 11.6. The summed E-state index contributed by atoms with van der Waals surface area (Å²) in [5.41, 5.74) is 1.76. The number of anilines is 1. The van der Waals surface area contributed by atoms with Gasteiger partial charge in [0.25, 0.3) is 10.0 Å². The molecular weight excluding hydrogens is 396 g/mol. The van der Waals surface area contributed by atoms with E-state index >= 15 is 0 Å². The van der Waals surface area contributed by atoms with Crippen LogP contribution in [0.1, 0.15) is 17.0 Å². The van der Waals surface area contributed by atoms with E-state index in [9.17, 15) is 8.42 Å². The molecule has 7 nitrogen and oxygen atoms in total. The van der Waals surface area contributed by atoms with E-state index in [-0.39, 0.29) is 10.7 Å². The van der Waals surface area contributed by atoms with Crippen LogP contribution < -0.4 is 4.72 Å². The van der Waals surface area contributed by atoms with Crippen LogP contribution in [0.15, 0.2) is 50.6 Å². The van der Waals surface area contributed by atoms with Crippen molar-refractivity contribution in [1.82, 2.24) is 14.9 Å². The number of sulfonamides is 1. The third-order valence-corrected chi connectivity index (χ3v) is 5.53. The standard InChI is InChI=1S/C15H15BrN4O3S/c1-10-15(11(2)23-18-10)24(21,22)19-14-7-17-20(9-14)8-12-3-5-13(16)6-4-12/h3-7,9,19H,8H2,1-2H3. The van der Waals surface area contributed by atoms with Gasteiger partial charge in [0, 0.05) is 10.7 Å². The highest BCUT2D eigenvalue weighted by molar-refractivity contribution is 9.10. The number of aromatic nitrogens is 3. The Kier molecular flexibility index (Phi) is 4.46. The molecule has 3 aromatic rings. The minimum Gasteiger partial charge on any atom is -0.360 e. The van der Waals surface area contributed by atoms with E-state index in [0.717, 1.165) is 10.0 Å². The molecule has 1 aromatic carbocycles. The lowest BCUT2D eigenvalue weighted by Gasteiger charge is -2.05. The first kappa shape index (κ1) is 16.7. The van der Waals surface area contributed by atoms with Crippen molar-refractivity contribution in [2.75, 3.05) is 4.72 Å². The minimum absolute atomic E-state index is 0.0585. The van der Waals surface area contributed by atoms with Crippen LogP contribution >= 0.6 is 15.9 Å². The molecule has 0 aliphatic rings. The third kappa shape index (κ3) is 3.51. The zero-order chi connectivity index (χ0) is 17.3. The molecule has 0 atom stereocenters. The fraction of sp³-hybridized carbons (Fsp3) is 0.200. The zero-order valence-electron chi connectivity index (χ0n) is 13.0. The van der Waals surface area contributed by atoms with E-state index in [1.807, 2.05) is 24.3 Å². The van der Waals surface area contributed by atoms with Gasteiger partial charge in [-0.25, -0.2) is 8.42 Å². The molecule has 24 heavy (non-hydrogen) atoms. The van der Waals surface area contributed by atoms with E-state index < -0.39 is 10.0 Å². The Morgan fingerprint density at radius 3 is 2.58 bits per heavy atom. The average molecular weight is 411 g/mol. The van der Waals surface area contributed by atoms with Crippen LogP contribution in [0.5, 0.6) is 0 Å². The number of benzene rings is 1. The summed E-state index contributed by atoms with van der Waals surface area (Å²) in [6, 6.07) is 7.83. The van der Waals surface area contributed by atoms with Crippen LogP contribution in [-0.2, 0) is 16.6 Å². The van der Waals surface area contributed by atoms with Gasteiger partial charge in [0.2, 0.25) is 0 Å². The second kappa shape index (κ2) is 6.40. The van der Waals surface area contributed by atoms with Crippen LogP contribution in [0.4, 0.5) is 5.69 Å². The molecule has 0 amide bonds. The predicted octanol–water partition coefficient (Wildman–Crippen LogP) is 3.10. The van der Waals surface area contributed by atoms with Crippen molar-refractivity contribution < 1.29 is 12.9 Å². The van der Waals surface area contributed by atoms with Crippen molar-refractivity contribution in [2.45, 2.75) is 25.3 Å². The molecule has 0 unspecified atom stereocenters. The number of aryl methyl sites for hydroxylation is 2. The highest BCUT2D eigenvalue weighted by Gasteiger charge is 2.24. The fourth-order valence-corrected chi connectivity index (χ4v) is 3.97. The largest absolute Gasteiger partial charge is 0.360 e. The van der Waals surface area contributed by atoms with Gasteiger partial charge in [0.15, 0.2) is 10.7 Å². The van der Waals surface area contributed by atoms with Crippen LogP contribution in [0.25, 0.3) is 0 Å². The SMILES string of the molecule is Cc1noc(C)c1S(=O)(=O)Nc1cnn(Cc2ccc(Br)cc2)c1. The van der Waals surface area contributed by atoms with Crippen LogP contribution in [0, 0.1) is 13.8 Å². The molecule has 0 bridgehead atoms. The maximum absolute atomic E-state index is 12.5. The molecule has 0 radical (unpaired) electrons. The summed E-state index contributed by atoms with van der Waals surface area (Å²) in [6.45, 7) is 3.69. The Balaban J connectivity index is 1.77. The third-order valence-electron chi connectivity index (χ3n) is 3.38. The molecule has 2 heterocycles. The maximum Gasteiger partial charge on any atom is 0.267 e. The molecule has 3 rings (SSSR count). The van der Waals surface area contributed by atoms with Crippen molar-refractivity contribution in [2.24, 2.45) is 0 Å². The lowest BCUT2D eigenvalue weighted by molar-refractivity contribution is 0.390. The summed E-state index contributed by atoms with van der Waals surface area (Å²) in [4.78, 5) is 0.0585. The van der Waals surface area contributed by atoms with Gasteiger partial charge < -0.3 is 4.52 Å². The van der Waals surface area contributed by atoms with Crippen molar-refractivity contribution in [3.63, 3.8) is 0 Å². The number of rotatable bonds is 5. The number of hydrogen-bond donors (Lipinski definition) is 1. The topological polar surface area (TPSA) is 90.0 Å². The van der Waals surface area contributed by atoms with Gasteiger partial charge in [-0.05, 0) is 31.5 Å². The molecule has 9 heteroatoms. The molecule has 0 fully saturated rings. The Bertz CT molecular complexity index is 942. The smallest absolute Gasteiger partial charge is 0.267 e. The van der Waals surface area contributed by atoms with Crippen molar-refractivity contribution in [1.29, 1.82) is 0 Å². The summed E-state index contributed by atoms with van der Waals surface area (Å²) in [7, 11) is -3.76. The first-order valence-electron chi connectivity index (χ1n) is 7.08. The van der Waals surface area contributed by atoms with Crippen molar-refractivity contribution >= 4 is 31.6 Å². The number of nitrogens with one attached hydrogen (secondary N) is 1. The van der Waals surface area contributed by atoms with Gasteiger partial charge in [0.1, 0.15) is 5.69 Å². The maximum atomic E-state index is 12.5. The summed E-state index contributed by atoms with van der Waals surface area (Å²) in [5, 5.41) is 7.86. The van der Waals surface area contributed by atoms with Gasteiger partial charge >= 0.3 is 0 Å². The average Bonchev–Trinajstić information content (AvgIpc) is 3.08. The lowest BCUT2D eigenvalue weighted by Crippen LogP contribution is -2.14. The highest BCUT2D eigenvalue weighted by Crippen LogP contribution is 2.22. The first-order chi connectivity index (χ1) is 11.3. The minimum atomic E-state index is -3.76. The second-order valence-electron chi connectivity index (χ2n) is 5.31. The Morgan fingerprint density at radius 2 is 1.96 bits per heavy atom. The Morgan fingerprint density at radius 1 is 1.25 bits per heavy atom. The number of nitrogens with zero attached hydrogens (tertiary/aromatic N) is 3. The van der Waals surface area contributed by atoms with Crippen molar-refractivity contribution in [3.05, 3.63) is 58.1 Å². The van der Waals surface area contributed by atoms with E-state index in [1.165, 1.54) is 6.20 Å². The number of halogens is 1. The summed E-state index contributed by atoms with van der Waals surface area (Å²) in [6.07, 6.45) is 3.10. The van der Waals surface area contributed by atoms with E-state index in [2.05, 4.69) is 30.9 Å².